The van der Waals surface area contributed by atoms with Gasteiger partial charge in [0.1, 0.15) is 5.15 Å². The molecule has 0 bridgehead atoms. The normalized spacial score (nSPS) is 18.6. The number of hydrogen-bond acceptors (Lipinski definition) is 4. The van der Waals surface area contributed by atoms with E-state index in [0.717, 1.165) is 47.6 Å². The second-order valence-electron chi connectivity index (χ2n) is 6.85. The van der Waals surface area contributed by atoms with E-state index >= 15 is 0 Å². The highest BCUT2D eigenvalue weighted by Gasteiger charge is 2.46. The number of rotatable bonds is 3. The molecule has 1 aliphatic carbocycles. The molecule has 0 aromatic carbocycles. The molecule has 0 unspecified atom stereocenters. The third-order valence-corrected chi connectivity index (χ3v) is 5.46. The Labute approximate surface area is 144 Å². The van der Waals surface area contributed by atoms with E-state index in [4.69, 9.17) is 17.3 Å². The van der Waals surface area contributed by atoms with E-state index in [9.17, 15) is 9.90 Å². The molecule has 2 aromatic rings. The van der Waals surface area contributed by atoms with Gasteiger partial charge in [-0.25, -0.2) is 9.78 Å². The van der Waals surface area contributed by atoms with Crippen LogP contribution < -0.4 is 5.73 Å². The lowest BCUT2D eigenvalue weighted by molar-refractivity contribution is 0.0672. The van der Waals surface area contributed by atoms with E-state index in [1.54, 1.807) is 6.20 Å². The lowest BCUT2D eigenvalue weighted by atomic mass is 9.75. The first kappa shape index (κ1) is 15.6. The van der Waals surface area contributed by atoms with Crippen LogP contribution in [0, 0.1) is 0 Å². The summed E-state index contributed by atoms with van der Waals surface area (Å²) in [6, 6.07) is 1.81. The zero-order chi connectivity index (χ0) is 17.1. The van der Waals surface area contributed by atoms with Crippen LogP contribution in [-0.2, 0) is 18.3 Å². The van der Waals surface area contributed by atoms with Crippen molar-refractivity contribution in [3.8, 4) is 11.3 Å². The van der Waals surface area contributed by atoms with Gasteiger partial charge in [-0.2, -0.15) is 0 Å². The number of nitrogens with zero attached hydrogens (tertiary/aromatic N) is 2. The molecule has 24 heavy (non-hydrogen) atoms. The Balaban J connectivity index is 1.94. The van der Waals surface area contributed by atoms with Gasteiger partial charge in [0.25, 0.3) is 0 Å². The maximum Gasteiger partial charge on any atom is 0.337 e. The average molecular weight is 347 g/mol. The van der Waals surface area contributed by atoms with Gasteiger partial charge in [0, 0.05) is 42.5 Å². The molecule has 126 valence electrons. The monoisotopic (exact) mass is 346 g/mol. The molecule has 0 radical (unpaired) electrons. The number of pyridine rings is 1. The number of halogens is 1. The summed E-state index contributed by atoms with van der Waals surface area (Å²) in [6.07, 6.45) is 3.22. The molecule has 2 aliphatic rings. The van der Waals surface area contributed by atoms with Gasteiger partial charge in [-0.15, -0.1) is 0 Å². The molecule has 0 spiro atoms. The third kappa shape index (κ3) is 2.10. The number of carboxylic acids is 1. The van der Waals surface area contributed by atoms with Crippen LogP contribution >= 0.6 is 11.6 Å². The number of likely N-dealkylation sites (N-methyl/N-ethyl adjacent to an activating group) is 1. The van der Waals surface area contributed by atoms with Crippen LogP contribution in [0.3, 0.4) is 0 Å². The topological polar surface area (TPSA) is 95.2 Å². The van der Waals surface area contributed by atoms with E-state index in [1.165, 1.54) is 0 Å². The number of carboxylic acid groups (broad SMARTS) is 1. The van der Waals surface area contributed by atoms with Gasteiger partial charge < -0.3 is 20.7 Å². The van der Waals surface area contributed by atoms with E-state index in [2.05, 4.69) is 14.9 Å². The second-order valence-corrected chi connectivity index (χ2v) is 7.24. The highest BCUT2D eigenvalue weighted by molar-refractivity contribution is 6.29. The molecule has 3 heterocycles. The first-order valence-corrected chi connectivity index (χ1v) is 8.35. The number of nitrogens with two attached hydrogens (primary N) is 1. The van der Waals surface area contributed by atoms with Crippen LogP contribution in [0.4, 0.5) is 0 Å². The SMILES string of the molecule is CN1CC(CN)(c2[nH]c3c(c2C(=O)O)CCc2cnc(Cl)cc2-3)C1. The van der Waals surface area contributed by atoms with Crippen LogP contribution in [0.2, 0.25) is 5.15 Å². The molecule has 0 atom stereocenters. The highest BCUT2D eigenvalue weighted by atomic mass is 35.5. The summed E-state index contributed by atoms with van der Waals surface area (Å²) in [5.41, 5.74) is 10.6. The van der Waals surface area contributed by atoms with Crippen molar-refractivity contribution in [2.45, 2.75) is 18.3 Å². The molecule has 2 aromatic heterocycles. The molecular formula is C17H19ClN4O2. The molecule has 1 saturated heterocycles. The number of aromatic nitrogens is 2. The summed E-state index contributed by atoms with van der Waals surface area (Å²) < 4.78 is 0. The number of carbonyl (C=O) groups is 1. The number of nitrogens with one attached hydrogen (secondary N) is 1. The summed E-state index contributed by atoms with van der Waals surface area (Å²) >= 11 is 6.06. The first-order chi connectivity index (χ1) is 11.4. The van der Waals surface area contributed by atoms with Crippen molar-refractivity contribution >= 4 is 17.6 Å². The van der Waals surface area contributed by atoms with Crippen molar-refractivity contribution in [3.05, 3.63) is 39.8 Å². The van der Waals surface area contributed by atoms with Crippen molar-refractivity contribution in [1.82, 2.24) is 14.9 Å². The molecule has 6 nitrogen and oxygen atoms in total. The Kier molecular flexibility index (Phi) is 3.46. The number of aryl methyl sites for hydroxylation is 1. The number of fused-ring (bicyclic) bond motifs is 3. The van der Waals surface area contributed by atoms with Gasteiger partial charge in [-0.05, 0) is 37.1 Å². The van der Waals surface area contributed by atoms with Gasteiger partial charge in [-0.1, -0.05) is 11.6 Å². The van der Waals surface area contributed by atoms with Crippen molar-refractivity contribution in [1.29, 1.82) is 0 Å². The average Bonchev–Trinajstić information content (AvgIpc) is 2.91. The van der Waals surface area contributed by atoms with Crippen molar-refractivity contribution in [2.75, 3.05) is 26.7 Å². The lowest BCUT2D eigenvalue weighted by Gasteiger charge is -2.48. The summed E-state index contributed by atoms with van der Waals surface area (Å²) in [5, 5.41) is 10.3. The van der Waals surface area contributed by atoms with Crippen LogP contribution in [0.1, 0.15) is 27.2 Å². The third-order valence-electron chi connectivity index (χ3n) is 5.25. The maximum absolute atomic E-state index is 12.0. The molecule has 1 fully saturated rings. The fourth-order valence-corrected chi connectivity index (χ4v) is 4.34. The lowest BCUT2D eigenvalue weighted by Crippen LogP contribution is -2.61. The van der Waals surface area contributed by atoms with Crippen molar-refractivity contribution < 1.29 is 9.90 Å². The van der Waals surface area contributed by atoms with Gasteiger partial charge in [0.15, 0.2) is 0 Å². The fourth-order valence-electron chi connectivity index (χ4n) is 4.18. The highest BCUT2D eigenvalue weighted by Crippen LogP contribution is 2.42. The van der Waals surface area contributed by atoms with E-state index in [0.29, 0.717) is 23.7 Å². The van der Waals surface area contributed by atoms with Gasteiger partial charge in [0.05, 0.1) is 11.3 Å². The Morgan fingerprint density at radius 2 is 2.25 bits per heavy atom. The summed E-state index contributed by atoms with van der Waals surface area (Å²) in [4.78, 5) is 21.7. The summed E-state index contributed by atoms with van der Waals surface area (Å²) in [5.74, 6) is -0.895. The molecule has 7 heteroatoms. The van der Waals surface area contributed by atoms with Crippen molar-refractivity contribution in [2.24, 2.45) is 5.73 Å². The number of likely N-dealkylation sites (tertiary alicyclic amines) is 1. The van der Waals surface area contributed by atoms with Crippen LogP contribution in [-0.4, -0.2) is 52.6 Å². The minimum absolute atomic E-state index is 0.323. The zero-order valence-corrected chi connectivity index (χ0v) is 14.2. The van der Waals surface area contributed by atoms with Gasteiger partial charge >= 0.3 is 5.97 Å². The summed E-state index contributed by atoms with van der Waals surface area (Å²) in [6.45, 7) is 1.93. The Bertz CT molecular complexity index is 839. The number of hydrogen-bond donors (Lipinski definition) is 3. The minimum atomic E-state index is -0.895. The molecule has 1 aliphatic heterocycles. The van der Waals surface area contributed by atoms with Crippen LogP contribution in [0.25, 0.3) is 11.3 Å². The standard InChI is InChI=1S/C17H19ClN4O2/c1-22-7-17(6-19,8-22)15-13(16(23)24)10-3-2-9-5-20-12(18)4-11(9)14(10)21-15/h4-5,21H,2-3,6-8,19H2,1H3,(H,23,24). The Hall–Kier alpha value is -1.89. The number of aromatic amines is 1. The molecule has 0 amide bonds. The van der Waals surface area contributed by atoms with E-state index in [1.807, 2.05) is 13.1 Å². The Morgan fingerprint density at radius 1 is 1.50 bits per heavy atom. The predicted octanol–water partition coefficient (Wildman–Crippen LogP) is 1.67. The fraction of sp³-hybridized carbons (Fsp3) is 0.412. The number of H-pyrrole nitrogens is 1. The zero-order valence-electron chi connectivity index (χ0n) is 13.4. The van der Waals surface area contributed by atoms with Gasteiger partial charge in [-0.3, -0.25) is 0 Å². The van der Waals surface area contributed by atoms with E-state index in [-0.39, 0.29) is 5.41 Å². The van der Waals surface area contributed by atoms with Gasteiger partial charge in [0.2, 0.25) is 0 Å². The second kappa shape index (κ2) is 5.31. The largest absolute Gasteiger partial charge is 0.478 e. The number of aromatic carboxylic acids is 1. The summed E-state index contributed by atoms with van der Waals surface area (Å²) in [7, 11) is 2.01. The molecular weight excluding hydrogens is 328 g/mol. The van der Waals surface area contributed by atoms with Crippen LogP contribution in [0.15, 0.2) is 12.3 Å². The Morgan fingerprint density at radius 3 is 2.88 bits per heavy atom. The van der Waals surface area contributed by atoms with Crippen molar-refractivity contribution in [3.63, 3.8) is 0 Å². The molecule has 0 saturated carbocycles. The predicted molar refractivity (Wildman–Crippen MR) is 91.6 cm³/mol. The van der Waals surface area contributed by atoms with E-state index < -0.39 is 5.97 Å². The first-order valence-electron chi connectivity index (χ1n) is 7.97. The smallest absolute Gasteiger partial charge is 0.337 e. The minimum Gasteiger partial charge on any atom is -0.478 e. The molecule has 4 N–H and O–H groups in total. The maximum atomic E-state index is 12.0. The quantitative estimate of drug-likeness (QED) is 0.735. The van der Waals surface area contributed by atoms with Crippen LogP contribution in [0.5, 0.6) is 0 Å². The molecule has 4 rings (SSSR count).